The van der Waals surface area contributed by atoms with Gasteiger partial charge in [0.05, 0.1) is 5.69 Å². The summed E-state index contributed by atoms with van der Waals surface area (Å²) >= 11 is 1.46. The molecule has 2 N–H and O–H groups in total. The van der Waals surface area contributed by atoms with Crippen LogP contribution in [-0.2, 0) is 0 Å². The number of rotatable bonds is 3. The summed E-state index contributed by atoms with van der Waals surface area (Å²) < 4.78 is 0. The number of hydrogen-bond donors (Lipinski definition) is 1. The molecule has 1 aromatic heterocycles. The molecule has 5 nitrogen and oxygen atoms in total. The van der Waals surface area contributed by atoms with Crippen molar-refractivity contribution in [2.75, 3.05) is 25.1 Å². The van der Waals surface area contributed by atoms with Crippen LogP contribution in [0.4, 0.5) is 5.82 Å². The monoisotopic (exact) mass is 342 g/mol. The number of anilines is 1. The number of aromatic nitrogens is 2. The number of benzene rings is 1. The molecule has 1 amide bonds. The van der Waals surface area contributed by atoms with E-state index in [9.17, 15) is 4.79 Å². The maximum atomic E-state index is 12.6. The van der Waals surface area contributed by atoms with E-state index in [1.54, 1.807) is 6.07 Å². The van der Waals surface area contributed by atoms with Crippen molar-refractivity contribution in [1.82, 2.24) is 14.9 Å². The molecule has 0 bridgehead atoms. The number of nitrogens with two attached hydrogens (primary N) is 1. The maximum Gasteiger partial charge on any atom is 0.253 e. The number of hydrogen-bond acceptors (Lipinski definition) is 5. The molecule has 1 aliphatic heterocycles. The SMILES string of the molecule is CSc1nc(N)cc(-c2ccc(C(=O)N3CCC[C@H](C)C3)cc2)n1. The molecule has 6 heteroatoms. The summed E-state index contributed by atoms with van der Waals surface area (Å²) in [6.07, 6.45) is 4.21. The van der Waals surface area contributed by atoms with Crippen LogP contribution < -0.4 is 5.73 Å². The number of thioether (sulfide) groups is 1. The van der Waals surface area contributed by atoms with Crippen LogP contribution in [-0.4, -0.2) is 40.1 Å². The number of piperidine rings is 1. The topological polar surface area (TPSA) is 72.1 Å². The zero-order valence-electron chi connectivity index (χ0n) is 14.0. The Balaban J connectivity index is 1.80. The molecule has 2 heterocycles. The summed E-state index contributed by atoms with van der Waals surface area (Å²) in [4.78, 5) is 23.2. The first-order valence-electron chi connectivity index (χ1n) is 8.15. The van der Waals surface area contributed by atoms with Crippen LogP contribution in [0.3, 0.4) is 0 Å². The Bertz CT molecular complexity index is 732. The van der Waals surface area contributed by atoms with Crippen molar-refractivity contribution in [2.24, 2.45) is 5.92 Å². The Morgan fingerprint density at radius 1 is 1.29 bits per heavy atom. The van der Waals surface area contributed by atoms with Gasteiger partial charge in [-0.1, -0.05) is 30.8 Å². The predicted molar refractivity (Wildman–Crippen MR) is 98.0 cm³/mol. The van der Waals surface area contributed by atoms with E-state index in [1.165, 1.54) is 18.2 Å². The van der Waals surface area contributed by atoms with E-state index in [0.29, 0.717) is 16.9 Å². The number of carbonyl (C=O) groups excluding carboxylic acids is 1. The minimum atomic E-state index is 0.111. The third-order valence-electron chi connectivity index (χ3n) is 4.28. The molecule has 1 fully saturated rings. The molecular weight excluding hydrogens is 320 g/mol. The number of carbonyl (C=O) groups is 1. The largest absolute Gasteiger partial charge is 0.384 e. The lowest BCUT2D eigenvalue weighted by Crippen LogP contribution is -2.39. The quantitative estimate of drug-likeness (QED) is 0.684. The van der Waals surface area contributed by atoms with Crippen LogP contribution in [0.15, 0.2) is 35.5 Å². The van der Waals surface area contributed by atoms with Crippen LogP contribution >= 0.6 is 11.8 Å². The fourth-order valence-corrected chi connectivity index (χ4v) is 3.41. The molecule has 0 aliphatic carbocycles. The Morgan fingerprint density at radius 2 is 2.04 bits per heavy atom. The van der Waals surface area contributed by atoms with Crippen LogP contribution in [0.2, 0.25) is 0 Å². The van der Waals surface area contributed by atoms with Gasteiger partial charge in [0.2, 0.25) is 0 Å². The van der Waals surface area contributed by atoms with Gasteiger partial charge in [-0.15, -0.1) is 0 Å². The highest BCUT2D eigenvalue weighted by Crippen LogP contribution is 2.23. The zero-order valence-corrected chi connectivity index (χ0v) is 14.8. The molecule has 1 atom stereocenters. The lowest BCUT2D eigenvalue weighted by molar-refractivity contribution is 0.0683. The lowest BCUT2D eigenvalue weighted by atomic mass is 9.99. The lowest BCUT2D eigenvalue weighted by Gasteiger charge is -2.31. The molecule has 2 aromatic rings. The van der Waals surface area contributed by atoms with Crippen LogP contribution in [0, 0.1) is 5.92 Å². The van der Waals surface area contributed by atoms with Gasteiger partial charge >= 0.3 is 0 Å². The Kier molecular flexibility index (Phi) is 5.04. The molecule has 1 saturated heterocycles. The van der Waals surface area contributed by atoms with E-state index in [1.807, 2.05) is 35.4 Å². The summed E-state index contributed by atoms with van der Waals surface area (Å²) in [5.74, 6) is 1.14. The van der Waals surface area contributed by atoms with E-state index < -0.39 is 0 Å². The molecule has 0 spiro atoms. The summed E-state index contributed by atoms with van der Waals surface area (Å²) in [7, 11) is 0. The first kappa shape index (κ1) is 16.8. The Labute approximate surface area is 146 Å². The average Bonchev–Trinajstić information content (AvgIpc) is 2.60. The van der Waals surface area contributed by atoms with Crippen LogP contribution in [0.1, 0.15) is 30.1 Å². The number of likely N-dealkylation sites (tertiary alicyclic amines) is 1. The molecule has 0 saturated carbocycles. The summed E-state index contributed by atoms with van der Waals surface area (Å²) in [6.45, 7) is 3.90. The number of nitrogens with zero attached hydrogens (tertiary/aromatic N) is 3. The van der Waals surface area contributed by atoms with Gasteiger partial charge < -0.3 is 10.6 Å². The van der Waals surface area contributed by atoms with Gasteiger partial charge in [0.25, 0.3) is 5.91 Å². The van der Waals surface area contributed by atoms with Gasteiger partial charge in [0.15, 0.2) is 5.16 Å². The summed E-state index contributed by atoms with van der Waals surface area (Å²) in [6, 6.07) is 9.34. The zero-order chi connectivity index (χ0) is 17.1. The average molecular weight is 342 g/mol. The first-order valence-corrected chi connectivity index (χ1v) is 9.37. The third kappa shape index (κ3) is 3.70. The fraction of sp³-hybridized carbons (Fsp3) is 0.389. The molecule has 24 heavy (non-hydrogen) atoms. The highest BCUT2D eigenvalue weighted by atomic mass is 32.2. The molecule has 0 unspecified atom stereocenters. The van der Waals surface area contributed by atoms with Crippen LogP contribution in [0.25, 0.3) is 11.3 Å². The van der Waals surface area contributed by atoms with Crippen molar-refractivity contribution in [3.8, 4) is 11.3 Å². The fourth-order valence-electron chi connectivity index (χ4n) is 3.02. The molecule has 1 aromatic carbocycles. The van der Waals surface area contributed by atoms with Gasteiger partial charge in [-0.3, -0.25) is 4.79 Å². The van der Waals surface area contributed by atoms with Crippen molar-refractivity contribution in [2.45, 2.75) is 24.9 Å². The first-order chi connectivity index (χ1) is 11.6. The molecule has 0 radical (unpaired) electrons. The highest BCUT2D eigenvalue weighted by Gasteiger charge is 2.22. The second kappa shape index (κ2) is 7.21. The van der Waals surface area contributed by atoms with Crippen molar-refractivity contribution >= 4 is 23.5 Å². The van der Waals surface area contributed by atoms with Crippen molar-refractivity contribution < 1.29 is 4.79 Å². The highest BCUT2D eigenvalue weighted by molar-refractivity contribution is 7.98. The molecule has 1 aliphatic rings. The normalized spacial score (nSPS) is 17.8. The number of nitrogen functional groups attached to an aromatic ring is 1. The minimum Gasteiger partial charge on any atom is -0.384 e. The minimum absolute atomic E-state index is 0.111. The summed E-state index contributed by atoms with van der Waals surface area (Å²) in [5.41, 5.74) is 8.27. The van der Waals surface area contributed by atoms with E-state index in [2.05, 4.69) is 16.9 Å². The predicted octanol–water partition coefficient (Wildman–Crippen LogP) is 3.32. The van der Waals surface area contributed by atoms with Crippen molar-refractivity contribution in [3.63, 3.8) is 0 Å². The van der Waals surface area contributed by atoms with E-state index in [-0.39, 0.29) is 5.91 Å². The molecule has 3 rings (SSSR count). The number of amides is 1. The van der Waals surface area contributed by atoms with E-state index >= 15 is 0 Å². The van der Waals surface area contributed by atoms with Crippen molar-refractivity contribution in [1.29, 1.82) is 0 Å². The second-order valence-corrected chi connectivity index (χ2v) is 7.01. The Hall–Kier alpha value is -2.08. The van der Waals surface area contributed by atoms with E-state index in [0.717, 1.165) is 36.3 Å². The molecular formula is C18H22N4OS. The van der Waals surface area contributed by atoms with E-state index in [4.69, 9.17) is 5.73 Å². The van der Waals surface area contributed by atoms with Gasteiger partial charge in [0.1, 0.15) is 5.82 Å². The van der Waals surface area contributed by atoms with Crippen LogP contribution in [0.5, 0.6) is 0 Å². The van der Waals surface area contributed by atoms with Gasteiger partial charge in [-0.05, 0) is 37.1 Å². The molecule has 126 valence electrons. The standard InChI is InChI=1S/C18H22N4OS/c1-12-4-3-9-22(11-12)17(23)14-7-5-13(6-8-14)15-10-16(19)21-18(20-15)24-2/h5-8,10,12H,3-4,9,11H2,1-2H3,(H2,19,20,21)/t12-/m0/s1. The second-order valence-electron chi connectivity index (χ2n) is 6.24. The smallest absolute Gasteiger partial charge is 0.253 e. The maximum absolute atomic E-state index is 12.6. The summed E-state index contributed by atoms with van der Waals surface area (Å²) in [5, 5.41) is 0.646. The van der Waals surface area contributed by atoms with Gasteiger partial charge in [-0.2, -0.15) is 0 Å². The van der Waals surface area contributed by atoms with Gasteiger partial charge in [-0.25, -0.2) is 9.97 Å². The van der Waals surface area contributed by atoms with Gasteiger partial charge in [0, 0.05) is 30.3 Å². The third-order valence-corrected chi connectivity index (χ3v) is 4.83. The Morgan fingerprint density at radius 3 is 2.71 bits per heavy atom. The van der Waals surface area contributed by atoms with Crippen molar-refractivity contribution in [3.05, 3.63) is 35.9 Å².